The van der Waals surface area contributed by atoms with E-state index in [0.717, 1.165) is 24.8 Å². The summed E-state index contributed by atoms with van der Waals surface area (Å²) in [6.07, 6.45) is 6.10. The number of rotatable bonds is 3. The summed E-state index contributed by atoms with van der Waals surface area (Å²) in [6, 6.07) is 9.41. The quantitative estimate of drug-likeness (QED) is 0.797. The van der Waals surface area contributed by atoms with Crippen molar-refractivity contribution >= 4 is 17.9 Å². The molecule has 24 heavy (non-hydrogen) atoms. The van der Waals surface area contributed by atoms with Gasteiger partial charge in [-0.2, -0.15) is 0 Å². The summed E-state index contributed by atoms with van der Waals surface area (Å²) in [6.45, 7) is 3.06. The second kappa shape index (κ2) is 8.11. The lowest BCUT2D eigenvalue weighted by molar-refractivity contribution is -0.148. The van der Waals surface area contributed by atoms with E-state index in [1.807, 2.05) is 41.3 Å². The maximum Gasteiger partial charge on any atom is 0.247 e. The molecule has 2 saturated heterocycles. The Bertz CT molecular complexity index is 594. The van der Waals surface area contributed by atoms with E-state index in [-0.39, 0.29) is 17.9 Å². The first-order valence-corrected chi connectivity index (χ1v) is 8.66. The third-order valence-corrected chi connectivity index (χ3v) is 4.61. The van der Waals surface area contributed by atoms with Crippen LogP contribution in [0.5, 0.6) is 0 Å². The van der Waals surface area contributed by atoms with Gasteiger partial charge in [-0.05, 0) is 30.9 Å². The van der Waals surface area contributed by atoms with Gasteiger partial charge in [0.15, 0.2) is 0 Å². The predicted octanol–water partition coefficient (Wildman–Crippen LogP) is 1.94. The fourth-order valence-corrected chi connectivity index (χ4v) is 3.27. The first kappa shape index (κ1) is 16.7. The van der Waals surface area contributed by atoms with Crippen molar-refractivity contribution < 1.29 is 14.3 Å². The Hall–Kier alpha value is -2.14. The average molecular weight is 328 g/mol. The van der Waals surface area contributed by atoms with Gasteiger partial charge in [0, 0.05) is 25.7 Å². The van der Waals surface area contributed by atoms with E-state index in [1.54, 1.807) is 11.0 Å². The number of amides is 2. The summed E-state index contributed by atoms with van der Waals surface area (Å²) < 4.78 is 5.31. The monoisotopic (exact) mass is 328 g/mol. The molecule has 2 heterocycles. The zero-order valence-electron chi connectivity index (χ0n) is 13.9. The van der Waals surface area contributed by atoms with Gasteiger partial charge in [0.05, 0.1) is 13.2 Å². The molecule has 0 radical (unpaired) electrons. The smallest absolute Gasteiger partial charge is 0.247 e. The predicted molar refractivity (Wildman–Crippen MR) is 92.2 cm³/mol. The Kier molecular flexibility index (Phi) is 5.64. The average Bonchev–Trinajstić information content (AvgIpc) is 2.67. The molecule has 0 saturated carbocycles. The Morgan fingerprint density at radius 3 is 2.54 bits per heavy atom. The Balaban J connectivity index is 1.68. The van der Waals surface area contributed by atoms with Crippen molar-refractivity contribution in [2.75, 3.05) is 32.8 Å². The van der Waals surface area contributed by atoms with Gasteiger partial charge in [-0.25, -0.2) is 0 Å². The Labute approximate surface area is 142 Å². The lowest BCUT2D eigenvalue weighted by atomic mass is 10.00. The van der Waals surface area contributed by atoms with Crippen LogP contribution in [0.3, 0.4) is 0 Å². The van der Waals surface area contributed by atoms with Crippen LogP contribution in [0.2, 0.25) is 0 Å². The molecule has 2 fully saturated rings. The molecule has 2 amide bonds. The fourth-order valence-electron chi connectivity index (χ4n) is 3.27. The molecular weight excluding hydrogens is 304 g/mol. The van der Waals surface area contributed by atoms with Crippen molar-refractivity contribution in [3.8, 4) is 0 Å². The van der Waals surface area contributed by atoms with Crippen LogP contribution < -0.4 is 0 Å². The molecule has 1 aromatic rings. The van der Waals surface area contributed by atoms with Crippen LogP contribution in [0.4, 0.5) is 0 Å². The molecule has 5 nitrogen and oxygen atoms in total. The molecule has 0 bridgehead atoms. The van der Waals surface area contributed by atoms with Crippen LogP contribution in [0.25, 0.3) is 6.08 Å². The van der Waals surface area contributed by atoms with Gasteiger partial charge in [0.1, 0.15) is 6.04 Å². The standard InChI is InChI=1S/C19H24N2O3/c22-18(10-9-16-6-2-1-3-7-16)21-11-5-4-8-17(21)19(23)20-12-14-24-15-13-20/h1-3,6-7,9-10,17H,4-5,8,11-15H2/b10-9+/t17-/m0/s1. The second-order valence-corrected chi connectivity index (χ2v) is 6.22. The highest BCUT2D eigenvalue weighted by Gasteiger charge is 2.34. The minimum Gasteiger partial charge on any atom is -0.378 e. The topological polar surface area (TPSA) is 49.9 Å². The third-order valence-electron chi connectivity index (χ3n) is 4.61. The zero-order chi connectivity index (χ0) is 16.8. The van der Waals surface area contributed by atoms with Crippen molar-refractivity contribution in [2.45, 2.75) is 25.3 Å². The SMILES string of the molecule is O=C([C@@H]1CCCCN1C(=O)/C=C/c1ccccc1)N1CCOCC1. The summed E-state index contributed by atoms with van der Waals surface area (Å²) >= 11 is 0. The molecule has 0 spiro atoms. The van der Waals surface area contributed by atoms with Crippen LogP contribution >= 0.6 is 0 Å². The molecule has 0 aliphatic carbocycles. The number of hydrogen-bond acceptors (Lipinski definition) is 3. The molecule has 2 aliphatic rings. The van der Waals surface area contributed by atoms with Gasteiger partial charge in [-0.1, -0.05) is 30.3 Å². The number of nitrogens with zero attached hydrogens (tertiary/aromatic N) is 2. The van der Waals surface area contributed by atoms with E-state index in [1.165, 1.54) is 0 Å². The molecule has 0 N–H and O–H groups in total. The molecule has 0 unspecified atom stereocenters. The van der Waals surface area contributed by atoms with Gasteiger partial charge < -0.3 is 14.5 Å². The molecular formula is C19H24N2O3. The molecule has 2 aliphatic heterocycles. The lowest BCUT2D eigenvalue weighted by Gasteiger charge is -2.38. The maximum atomic E-state index is 12.8. The third kappa shape index (κ3) is 4.03. The number of piperidine rings is 1. The summed E-state index contributed by atoms with van der Waals surface area (Å²) in [5.41, 5.74) is 0.985. The van der Waals surface area contributed by atoms with Crippen LogP contribution in [0, 0.1) is 0 Å². The van der Waals surface area contributed by atoms with Gasteiger partial charge in [-0.3, -0.25) is 9.59 Å². The van der Waals surface area contributed by atoms with E-state index >= 15 is 0 Å². The fraction of sp³-hybridized carbons (Fsp3) is 0.474. The first-order chi connectivity index (χ1) is 11.8. The van der Waals surface area contributed by atoms with Gasteiger partial charge >= 0.3 is 0 Å². The van der Waals surface area contributed by atoms with Crippen LogP contribution in [0.15, 0.2) is 36.4 Å². The Morgan fingerprint density at radius 2 is 1.79 bits per heavy atom. The number of hydrogen-bond donors (Lipinski definition) is 0. The lowest BCUT2D eigenvalue weighted by Crippen LogP contribution is -2.54. The normalized spacial score (nSPS) is 21.9. The summed E-state index contributed by atoms with van der Waals surface area (Å²) in [5.74, 6) is -0.00961. The minimum absolute atomic E-state index is 0.0689. The second-order valence-electron chi connectivity index (χ2n) is 6.22. The minimum atomic E-state index is -0.329. The number of likely N-dealkylation sites (tertiary alicyclic amines) is 1. The summed E-state index contributed by atoms with van der Waals surface area (Å²) in [7, 11) is 0. The highest BCUT2D eigenvalue weighted by molar-refractivity contribution is 5.95. The van der Waals surface area contributed by atoms with E-state index < -0.39 is 0 Å². The van der Waals surface area contributed by atoms with Crippen molar-refractivity contribution in [1.29, 1.82) is 0 Å². The number of morpholine rings is 1. The van der Waals surface area contributed by atoms with E-state index in [2.05, 4.69) is 0 Å². The number of ether oxygens (including phenoxy) is 1. The number of benzene rings is 1. The van der Waals surface area contributed by atoms with Crippen LogP contribution in [0.1, 0.15) is 24.8 Å². The highest BCUT2D eigenvalue weighted by atomic mass is 16.5. The summed E-state index contributed by atoms with van der Waals surface area (Å²) in [4.78, 5) is 29.0. The zero-order valence-corrected chi connectivity index (χ0v) is 13.9. The summed E-state index contributed by atoms with van der Waals surface area (Å²) in [5, 5.41) is 0. The molecule has 1 aromatic carbocycles. The molecule has 5 heteroatoms. The molecule has 0 aromatic heterocycles. The van der Waals surface area contributed by atoms with Crippen molar-refractivity contribution in [3.63, 3.8) is 0 Å². The van der Waals surface area contributed by atoms with Gasteiger partial charge in [0.2, 0.25) is 11.8 Å². The molecule has 3 rings (SSSR count). The van der Waals surface area contributed by atoms with E-state index in [0.29, 0.717) is 32.8 Å². The molecule has 128 valence electrons. The van der Waals surface area contributed by atoms with E-state index in [4.69, 9.17) is 4.74 Å². The first-order valence-electron chi connectivity index (χ1n) is 8.66. The highest BCUT2D eigenvalue weighted by Crippen LogP contribution is 2.20. The van der Waals surface area contributed by atoms with Crippen molar-refractivity contribution in [1.82, 2.24) is 9.80 Å². The van der Waals surface area contributed by atoms with Crippen LogP contribution in [-0.2, 0) is 14.3 Å². The Morgan fingerprint density at radius 1 is 1.04 bits per heavy atom. The van der Waals surface area contributed by atoms with Crippen molar-refractivity contribution in [2.24, 2.45) is 0 Å². The number of carbonyl (C=O) groups excluding carboxylic acids is 2. The molecule has 1 atom stereocenters. The number of carbonyl (C=O) groups is 2. The van der Waals surface area contributed by atoms with E-state index in [9.17, 15) is 9.59 Å². The maximum absolute atomic E-state index is 12.8. The largest absolute Gasteiger partial charge is 0.378 e. The van der Waals surface area contributed by atoms with Crippen molar-refractivity contribution in [3.05, 3.63) is 42.0 Å². The van der Waals surface area contributed by atoms with Crippen LogP contribution in [-0.4, -0.2) is 60.5 Å². The van der Waals surface area contributed by atoms with Gasteiger partial charge in [-0.15, -0.1) is 0 Å². The van der Waals surface area contributed by atoms with Gasteiger partial charge in [0.25, 0.3) is 0 Å².